The van der Waals surface area contributed by atoms with Gasteiger partial charge < -0.3 is 9.30 Å². The fraction of sp³-hybridized carbons (Fsp3) is 0.474. The fourth-order valence-corrected chi connectivity index (χ4v) is 3.93. The second-order valence-corrected chi connectivity index (χ2v) is 6.64. The molecule has 110 valence electrons. The molecular weight excluding hydrogens is 258 g/mol. The summed E-state index contributed by atoms with van der Waals surface area (Å²) in [6.45, 7) is 2.24. The molecule has 2 heterocycles. The van der Waals surface area contributed by atoms with Crippen molar-refractivity contribution in [3.8, 4) is 0 Å². The maximum Gasteiger partial charge on any atom is 0.187 e. The first-order chi connectivity index (χ1) is 10.3. The summed E-state index contributed by atoms with van der Waals surface area (Å²) in [4.78, 5) is 0. The van der Waals surface area contributed by atoms with E-state index >= 15 is 0 Å². The topological polar surface area (TPSA) is 14.2 Å². The number of aromatic nitrogens is 1. The summed E-state index contributed by atoms with van der Waals surface area (Å²) in [6, 6.07) is 10.8. The normalized spacial score (nSPS) is 26.3. The van der Waals surface area contributed by atoms with E-state index in [1.807, 2.05) is 0 Å². The fourth-order valence-electron chi connectivity index (χ4n) is 3.93. The van der Waals surface area contributed by atoms with Gasteiger partial charge in [-0.3, -0.25) is 0 Å². The lowest BCUT2D eigenvalue weighted by Gasteiger charge is -2.28. The molecule has 21 heavy (non-hydrogen) atoms. The Morgan fingerprint density at radius 2 is 1.81 bits per heavy atom. The van der Waals surface area contributed by atoms with Crippen LogP contribution in [0.15, 0.2) is 47.9 Å². The van der Waals surface area contributed by atoms with Crippen molar-refractivity contribution in [1.82, 2.24) is 4.57 Å². The summed E-state index contributed by atoms with van der Waals surface area (Å²) in [5.74, 6) is 1.29. The summed E-state index contributed by atoms with van der Waals surface area (Å²) in [5.41, 5.74) is 2.60. The quantitative estimate of drug-likeness (QED) is 0.688. The molecule has 0 N–H and O–H groups in total. The highest BCUT2D eigenvalue weighted by Crippen LogP contribution is 2.43. The number of nitrogens with zero attached hydrogens (tertiary/aromatic N) is 1. The van der Waals surface area contributed by atoms with Gasteiger partial charge in [-0.1, -0.05) is 31.0 Å². The van der Waals surface area contributed by atoms with Crippen molar-refractivity contribution in [2.75, 3.05) is 0 Å². The summed E-state index contributed by atoms with van der Waals surface area (Å²) < 4.78 is 8.81. The molecule has 0 spiro atoms. The van der Waals surface area contributed by atoms with Crippen molar-refractivity contribution >= 4 is 10.9 Å². The van der Waals surface area contributed by atoms with Crippen LogP contribution in [0.1, 0.15) is 51.9 Å². The minimum absolute atomic E-state index is 0.238. The lowest BCUT2D eigenvalue weighted by atomic mass is 9.95. The summed E-state index contributed by atoms with van der Waals surface area (Å²) in [5, 5.41) is 1.29. The van der Waals surface area contributed by atoms with Crippen LogP contribution in [-0.2, 0) is 10.5 Å². The third kappa shape index (κ3) is 2.17. The van der Waals surface area contributed by atoms with Gasteiger partial charge in [-0.25, -0.2) is 0 Å². The largest absolute Gasteiger partial charge is 0.472 e. The highest BCUT2D eigenvalue weighted by molar-refractivity contribution is 5.80. The monoisotopic (exact) mass is 281 g/mol. The molecule has 0 unspecified atom stereocenters. The van der Waals surface area contributed by atoms with Crippen LogP contribution in [0.3, 0.4) is 0 Å². The van der Waals surface area contributed by atoms with E-state index in [2.05, 4.69) is 48.0 Å². The molecule has 2 aliphatic rings. The first-order valence-electron chi connectivity index (χ1n) is 8.23. The van der Waals surface area contributed by atoms with E-state index in [-0.39, 0.29) is 5.72 Å². The molecule has 1 atom stereocenters. The number of ether oxygens (including phenoxy) is 1. The van der Waals surface area contributed by atoms with E-state index in [0.29, 0.717) is 0 Å². The molecule has 0 saturated carbocycles. The van der Waals surface area contributed by atoms with Crippen LogP contribution >= 0.6 is 0 Å². The zero-order valence-corrected chi connectivity index (χ0v) is 12.8. The van der Waals surface area contributed by atoms with Crippen molar-refractivity contribution in [2.45, 2.75) is 57.6 Å². The standard InChI is InChI=1S/C19H23NO/c1-19(20-13-12-15-8-6-7-10-17(15)20)14-16-9-4-2-3-5-11-18(16)21-19/h6-8,10,12-13H,2-5,9,11,14H2,1H3/t19-/m1/s1. The number of hydrogen-bond acceptors (Lipinski definition) is 1. The Hall–Kier alpha value is -1.70. The van der Waals surface area contributed by atoms with Crippen molar-refractivity contribution in [1.29, 1.82) is 0 Å². The van der Waals surface area contributed by atoms with Gasteiger partial charge in [-0.15, -0.1) is 0 Å². The minimum atomic E-state index is -0.238. The molecule has 0 amide bonds. The van der Waals surface area contributed by atoms with Crippen LogP contribution in [0.2, 0.25) is 0 Å². The van der Waals surface area contributed by atoms with Crippen molar-refractivity contribution in [3.05, 3.63) is 47.9 Å². The minimum Gasteiger partial charge on any atom is -0.472 e. The molecule has 2 nitrogen and oxygen atoms in total. The van der Waals surface area contributed by atoms with Crippen LogP contribution in [0, 0.1) is 0 Å². The van der Waals surface area contributed by atoms with Crippen LogP contribution in [0.25, 0.3) is 10.9 Å². The SMILES string of the molecule is C[C@]1(n2ccc3ccccc32)CC2=C(CCCCCC2)O1. The zero-order chi connectivity index (χ0) is 14.3. The van der Waals surface area contributed by atoms with Gasteiger partial charge in [-0.2, -0.15) is 0 Å². The lowest BCUT2D eigenvalue weighted by molar-refractivity contribution is -0.0272. The molecule has 0 saturated heterocycles. The second-order valence-electron chi connectivity index (χ2n) is 6.64. The van der Waals surface area contributed by atoms with E-state index in [9.17, 15) is 0 Å². The Kier molecular flexibility index (Phi) is 3.06. The molecule has 1 aliphatic carbocycles. The Morgan fingerprint density at radius 1 is 1.00 bits per heavy atom. The van der Waals surface area contributed by atoms with E-state index in [1.165, 1.54) is 48.8 Å². The number of benzene rings is 1. The average Bonchev–Trinajstić information content (AvgIpc) is 3.02. The summed E-state index contributed by atoms with van der Waals surface area (Å²) >= 11 is 0. The lowest BCUT2D eigenvalue weighted by Crippen LogP contribution is -2.29. The van der Waals surface area contributed by atoms with Gasteiger partial charge in [0.1, 0.15) is 0 Å². The van der Waals surface area contributed by atoms with Crippen LogP contribution < -0.4 is 0 Å². The van der Waals surface area contributed by atoms with E-state index in [1.54, 1.807) is 5.57 Å². The number of hydrogen-bond donors (Lipinski definition) is 0. The Labute approximate surface area is 126 Å². The molecule has 0 bridgehead atoms. The number of rotatable bonds is 1. The Morgan fingerprint density at radius 3 is 2.71 bits per heavy atom. The predicted octanol–water partition coefficient (Wildman–Crippen LogP) is 5.34. The van der Waals surface area contributed by atoms with Gasteiger partial charge in [0.2, 0.25) is 0 Å². The van der Waals surface area contributed by atoms with Crippen LogP contribution in [0.4, 0.5) is 0 Å². The number of para-hydroxylation sites is 1. The van der Waals surface area contributed by atoms with E-state index in [0.717, 1.165) is 12.8 Å². The smallest absolute Gasteiger partial charge is 0.187 e. The third-order valence-electron chi connectivity index (χ3n) is 5.02. The van der Waals surface area contributed by atoms with E-state index < -0.39 is 0 Å². The molecule has 2 aromatic rings. The van der Waals surface area contributed by atoms with Gasteiger partial charge in [0.05, 0.1) is 11.3 Å². The van der Waals surface area contributed by atoms with Crippen LogP contribution in [0.5, 0.6) is 0 Å². The molecule has 1 aromatic carbocycles. The first kappa shape index (κ1) is 13.0. The van der Waals surface area contributed by atoms with Gasteiger partial charge in [0.25, 0.3) is 0 Å². The average molecular weight is 281 g/mol. The molecular formula is C19H23NO. The Bertz CT molecular complexity index is 674. The summed E-state index contributed by atoms with van der Waals surface area (Å²) in [7, 11) is 0. The predicted molar refractivity (Wildman–Crippen MR) is 86.0 cm³/mol. The van der Waals surface area contributed by atoms with E-state index in [4.69, 9.17) is 4.74 Å². The highest BCUT2D eigenvalue weighted by atomic mass is 16.5. The number of fused-ring (bicyclic) bond motifs is 1. The first-order valence-corrected chi connectivity index (χ1v) is 8.23. The highest BCUT2D eigenvalue weighted by Gasteiger charge is 2.38. The zero-order valence-electron chi connectivity index (χ0n) is 12.8. The summed E-state index contributed by atoms with van der Waals surface area (Å²) in [6.07, 6.45) is 10.9. The molecule has 1 aliphatic heterocycles. The Balaban J connectivity index is 1.70. The van der Waals surface area contributed by atoms with Crippen LogP contribution in [-0.4, -0.2) is 4.57 Å². The number of allylic oxidation sites excluding steroid dienone is 1. The molecule has 2 heteroatoms. The van der Waals surface area contributed by atoms with Crippen molar-refractivity contribution in [3.63, 3.8) is 0 Å². The third-order valence-corrected chi connectivity index (χ3v) is 5.02. The molecule has 4 rings (SSSR count). The molecule has 0 fully saturated rings. The van der Waals surface area contributed by atoms with Gasteiger partial charge in [-0.05, 0) is 49.3 Å². The van der Waals surface area contributed by atoms with Crippen molar-refractivity contribution < 1.29 is 4.74 Å². The maximum atomic E-state index is 6.48. The maximum absolute atomic E-state index is 6.48. The molecule has 0 radical (unpaired) electrons. The molecule has 1 aromatic heterocycles. The van der Waals surface area contributed by atoms with Crippen molar-refractivity contribution in [2.24, 2.45) is 0 Å². The van der Waals surface area contributed by atoms with Gasteiger partial charge in [0.15, 0.2) is 5.72 Å². The van der Waals surface area contributed by atoms with Gasteiger partial charge >= 0.3 is 0 Å². The van der Waals surface area contributed by atoms with Gasteiger partial charge in [0, 0.05) is 19.0 Å². The second kappa shape index (κ2) is 4.94.